The highest BCUT2D eigenvalue weighted by molar-refractivity contribution is 6.32. The number of nitriles is 1. The lowest BCUT2D eigenvalue weighted by molar-refractivity contribution is 0.436. The average Bonchev–Trinajstić information content (AvgIpc) is 2.92. The van der Waals surface area contributed by atoms with Crippen LogP contribution in [-0.4, -0.2) is 14.7 Å². The molecule has 5 heteroatoms. The zero-order chi connectivity index (χ0) is 17.1. The lowest BCUT2D eigenvalue weighted by Crippen LogP contribution is -1.98. The van der Waals surface area contributed by atoms with Crippen molar-refractivity contribution in [3.05, 3.63) is 76.8 Å². The summed E-state index contributed by atoms with van der Waals surface area (Å²) < 4.78 is 1.79. The number of aryl methyl sites for hydroxylation is 1. The molecule has 0 atom stereocenters. The van der Waals surface area contributed by atoms with Crippen LogP contribution >= 0.6 is 11.6 Å². The lowest BCUT2D eigenvalue weighted by Gasteiger charge is -2.02. The smallest absolute Gasteiger partial charge is 0.155 e. The molecule has 0 aliphatic rings. The Hall–Kier alpha value is -3.03. The first kappa shape index (κ1) is 15.9. The zero-order valence-electron chi connectivity index (χ0n) is 12.9. The number of hydrogen-bond acceptors (Lipinski definition) is 3. The number of nitrogens with zero attached hydrogens (tertiary/aromatic N) is 3. The van der Waals surface area contributed by atoms with Crippen molar-refractivity contribution < 1.29 is 5.11 Å². The molecule has 0 spiro atoms. The molecule has 1 aromatic heterocycles. The van der Waals surface area contributed by atoms with E-state index in [1.54, 1.807) is 16.7 Å². The molecule has 118 valence electrons. The van der Waals surface area contributed by atoms with Gasteiger partial charge in [-0.2, -0.15) is 5.26 Å². The van der Waals surface area contributed by atoms with Gasteiger partial charge in [0.1, 0.15) is 17.4 Å². The predicted molar refractivity (Wildman–Crippen MR) is 96.4 cm³/mol. The number of para-hydroxylation sites is 2. The summed E-state index contributed by atoms with van der Waals surface area (Å²) in [7, 11) is 1.81. The molecular formula is C19H14ClN3O. The molecule has 0 fully saturated rings. The summed E-state index contributed by atoms with van der Waals surface area (Å²) in [6, 6.07) is 16.9. The lowest BCUT2D eigenvalue weighted by atomic mass is 10.1. The highest BCUT2D eigenvalue weighted by atomic mass is 35.5. The van der Waals surface area contributed by atoms with E-state index in [0.29, 0.717) is 10.8 Å². The highest BCUT2D eigenvalue weighted by Crippen LogP contribution is 2.23. The van der Waals surface area contributed by atoms with E-state index in [0.717, 1.165) is 16.6 Å². The minimum absolute atomic E-state index is 0.108. The maximum atomic E-state index is 10.3. The van der Waals surface area contributed by atoms with Gasteiger partial charge in [0.05, 0.1) is 11.0 Å². The number of allylic oxidation sites excluding steroid dienone is 2. The Morgan fingerprint density at radius 1 is 1.21 bits per heavy atom. The first-order chi connectivity index (χ1) is 11.6. The van der Waals surface area contributed by atoms with Gasteiger partial charge in [0, 0.05) is 12.1 Å². The maximum Gasteiger partial charge on any atom is 0.155 e. The van der Waals surface area contributed by atoms with E-state index in [4.69, 9.17) is 11.6 Å². The Morgan fingerprint density at radius 3 is 2.62 bits per heavy atom. The molecule has 3 rings (SSSR count). The molecule has 1 heterocycles. The van der Waals surface area contributed by atoms with Crippen LogP contribution in [0.3, 0.4) is 0 Å². The Balaban J connectivity index is 2.06. The van der Waals surface area contributed by atoms with Gasteiger partial charge in [-0.25, -0.2) is 4.98 Å². The van der Waals surface area contributed by atoms with Gasteiger partial charge in [0.2, 0.25) is 0 Å². The van der Waals surface area contributed by atoms with Crippen LogP contribution in [0.5, 0.6) is 0 Å². The van der Waals surface area contributed by atoms with Gasteiger partial charge in [0.15, 0.2) is 5.82 Å². The minimum Gasteiger partial charge on any atom is -0.506 e. The Morgan fingerprint density at radius 2 is 1.92 bits per heavy atom. The van der Waals surface area contributed by atoms with Crippen molar-refractivity contribution in [2.24, 2.45) is 7.05 Å². The molecule has 0 bridgehead atoms. The highest BCUT2D eigenvalue weighted by Gasteiger charge is 2.15. The van der Waals surface area contributed by atoms with Crippen molar-refractivity contribution in [2.75, 3.05) is 0 Å². The van der Waals surface area contributed by atoms with Crippen molar-refractivity contribution in [1.82, 2.24) is 9.55 Å². The summed E-state index contributed by atoms with van der Waals surface area (Å²) in [6.45, 7) is 0. The molecule has 0 saturated carbocycles. The van der Waals surface area contributed by atoms with Gasteiger partial charge >= 0.3 is 0 Å². The SMILES string of the molecule is Cn1c(/C(C#N)=C(O)\C=C\c2ccccc2Cl)nc2ccccc21. The molecule has 0 radical (unpaired) electrons. The fourth-order valence-corrected chi connectivity index (χ4v) is 2.65. The number of aliphatic hydroxyl groups is 1. The van der Waals surface area contributed by atoms with Crippen LogP contribution in [0.15, 0.2) is 60.4 Å². The molecule has 0 saturated heterocycles. The first-order valence-corrected chi connectivity index (χ1v) is 7.67. The number of aromatic nitrogens is 2. The first-order valence-electron chi connectivity index (χ1n) is 7.29. The Labute approximate surface area is 144 Å². The third-order valence-corrected chi connectivity index (χ3v) is 4.05. The summed E-state index contributed by atoms with van der Waals surface area (Å²) in [5.41, 5.74) is 2.53. The van der Waals surface area contributed by atoms with E-state index in [2.05, 4.69) is 4.98 Å². The molecule has 2 aromatic carbocycles. The minimum atomic E-state index is -0.157. The number of rotatable bonds is 3. The summed E-state index contributed by atoms with van der Waals surface area (Å²) >= 11 is 6.09. The molecule has 24 heavy (non-hydrogen) atoms. The fraction of sp³-hybridized carbons (Fsp3) is 0.0526. The zero-order valence-corrected chi connectivity index (χ0v) is 13.7. The Bertz CT molecular complexity index is 1010. The second kappa shape index (κ2) is 6.61. The average molecular weight is 336 g/mol. The molecular weight excluding hydrogens is 322 g/mol. The van der Waals surface area contributed by atoms with Crippen LogP contribution in [0.4, 0.5) is 0 Å². The van der Waals surface area contributed by atoms with Crippen LogP contribution < -0.4 is 0 Å². The number of hydrogen-bond donors (Lipinski definition) is 1. The third-order valence-electron chi connectivity index (χ3n) is 3.70. The summed E-state index contributed by atoms with van der Waals surface area (Å²) in [5.74, 6) is 0.260. The molecule has 1 N–H and O–H groups in total. The standard InChI is InChI=1S/C19H14ClN3O/c1-23-17-9-5-4-8-16(17)22-19(23)14(12-21)18(24)11-10-13-6-2-3-7-15(13)20/h2-11,24H,1H3/b11-10+,18-14+. The van der Waals surface area contributed by atoms with Crippen molar-refractivity contribution >= 4 is 34.3 Å². The third kappa shape index (κ3) is 2.90. The van der Waals surface area contributed by atoms with Crippen molar-refractivity contribution in [3.63, 3.8) is 0 Å². The molecule has 3 aromatic rings. The molecule has 4 nitrogen and oxygen atoms in total. The number of fused-ring (bicyclic) bond motifs is 1. The topological polar surface area (TPSA) is 61.8 Å². The van der Waals surface area contributed by atoms with Crippen LogP contribution in [-0.2, 0) is 7.05 Å². The molecule has 0 aliphatic heterocycles. The number of aliphatic hydroxyl groups excluding tert-OH is 1. The number of benzene rings is 2. The van der Waals surface area contributed by atoms with Crippen molar-refractivity contribution in [2.45, 2.75) is 0 Å². The summed E-state index contributed by atoms with van der Waals surface area (Å²) in [5, 5.41) is 20.4. The number of halogens is 1. The fourth-order valence-electron chi connectivity index (χ4n) is 2.45. The van der Waals surface area contributed by atoms with Crippen molar-refractivity contribution in [1.29, 1.82) is 5.26 Å². The summed E-state index contributed by atoms with van der Waals surface area (Å²) in [4.78, 5) is 4.44. The normalized spacial score (nSPS) is 12.4. The quantitative estimate of drug-likeness (QED) is 0.427. The van der Waals surface area contributed by atoms with Gasteiger partial charge < -0.3 is 9.67 Å². The monoisotopic (exact) mass is 335 g/mol. The van der Waals surface area contributed by atoms with E-state index < -0.39 is 0 Å². The molecule has 0 unspecified atom stereocenters. The van der Waals surface area contributed by atoms with Gasteiger partial charge in [-0.05, 0) is 35.9 Å². The van der Waals surface area contributed by atoms with Gasteiger partial charge in [-0.3, -0.25) is 0 Å². The van der Waals surface area contributed by atoms with E-state index in [9.17, 15) is 10.4 Å². The van der Waals surface area contributed by atoms with Crippen molar-refractivity contribution in [3.8, 4) is 6.07 Å². The van der Waals surface area contributed by atoms with E-state index >= 15 is 0 Å². The largest absolute Gasteiger partial charge is 0.506 e. The van der Waals surface area contributed by atoms with E-state index in [1.165, 1.54) is 6.08 Å². The van der Waals surface area contributed by atoms with Gasteiger partial charge in [0.25, 0.3) is 0 Å². The molecule has 0 amide bonds. The predicted octanol–water partition coefficient (Wildman–Crippen LogP) is 4.73. The van der Waals surface area contributed by atoms with E-state index in [-0.39, 0.29) is 11.3 Å². The van der Waals surface area contributed by atoms with Crippen LogP contribution in [0.2, 0.25) is 5.02 Å². The maximum absolute atomic E-state index is 10.3. The molecule has 0 aliphatic carbocycles. The van der Waals surface area contributed by atoms with Crippen LogP contribution in [0, 0.1) is 11.3 Å². The van der Waals surface area contributed by atoms with Crippen LogP contribution in [0.1, 0.15) is 11.4 Å². The summed E-state index contributed by atoms with van der Waals surface area (Å²) in [6.07, 6.45) is 3.12. The van der Waals surface area contributed by atoms with Gasteiger partial charge in [-0.15, -0.1) is 0 Å². The van der Waals surface area contributed by atoms with Gasteiger partial charge in [-0.1, -0.05) is 41.9 Å². The number of imidazole rings is 1. The van der Waals surface area contributed by atoms with E-state index in [1.807, 2.05) is 55.6 Å². The second-order valence-electron chi connectivity index (χ2n) is 5.21. The second-order valence-corrected chi connectivity index (χ2v) is 5.62. The Kier molecular flexibility index (Phi) is 4.37. The van der Waals surface area contributed by atoms with Crippen LogP contribution in [0.25, 0.3) is 22.7 Å².